The van der Waals surface area contributed by atoms with Crippen LogP contribution < -0.4 is 5.32 Å². The normalized spacial score (nSPS) is 17.1. The number of pyridine rings is 1. The van der Waals surface area contributed by atoms with Gasteiger partial charge < -0.3 is 15.1 Å². The fraction of sp³-hybridized carbons (Fsp3) is 0.381. The van der Waals surface area contributed by atoms with E-state index in [-0.39, 0.29) is 11.8 Å². The van der Waals surface area contributed by atoms with E-state index in [0.717, 1.165) is 16.8 Å². The van der Waals surface area contributed by atoms with E-state index < -0.39 is 6.04 Å². The maximum atomic E-state index is 13.1. The average molecular weight is 366 g/mol. The maximum absolute atomic E-state index is 13.1. The van der Waals surface area contributed by atoms with Gasteiger partial charge >= 0.3 is 0 Å². The number of piperazine rings is 1. The lowest BCUT2D eigenvalue weighted by Gasteiger charge is -2.39. The Morgan fingerprint density at radius 3 is 2.78 bits per heavy atom. The molecule has 1 aromatic heterocycles. The lowest BCUT2D eigenvalue weighted by Crippen LogP contribution is -2.57. The van der Waals surface area contributed by atoms with Crippen LogP contribution in [-0.2, 0) is 11.3 Å². The molecule has 0 bridgehead atoms. The molecule has 1 aliphatic heterocycles. The van der Waals surface area contributed by atoms with E-state index in [0.29, 0.717) is 31.7 Å². The summed E-state index contributed by atoms with van der Waals surface area (Å²) in [5.74, 6) is -0.0743. The maximum Gasteiger partial charge on any atom is 0.254 e. The Morgan fingerprint density at radius 1 is 1.26 bits per heavy atom. The number of nitrogens with one attached hydrogen (secondary N) is 1. The van der Waals surface area contributed by atoms with Crippen LogP contribution >= 0.6 is 0 Å². The Labute approximate surface area is 160 Å². The Balaban J connectivity index is 1.76. The second kappa shape index (κ2) is 8.20. The summed E-state index contributed by atoms with van der Waals surface area (Å²) in [6, 6.07) is 9.14. The van der Waals surface area contributed by atoms with Gasteiger partial charge in [-0.25, -0.2) is 0 Å². The number of amides is 2. The van der Waals surface area contributed by atoms with Crippen molar-refractivity contribution in [3.05, 3.63) is 59.4 Å². The molecule has 1 fully saturated rings. The Kier molecular flexibility index (Phi) is 5.74. The number of anilines is 1. The van der Waals surface area contributed by atoms with E-state index in [1.807, 2.05) is 57.3 Å². The third-order valence-electron chi connectivity index (χ3n) is 5.16. The van der Waals surface area contributed by atoms with Crippen molar-refractivity contribution in [2.24, 2.45) is 0 Å². The molecule has 2 amide bonds. The van der Waals surface area contributed by atoms with Gasteiger partial charge in [0.2, 0.25) is 5.91 Å². The summed E-state index contributed by atoms with van der Waals surface area (Å²) < 4.78 is 0. The van der Waals surface area contributed by atoms with Gasteiger partial charge in [-0.05, 0) is 50.1 Å². The summed E-state index contributed by atoms with van der Waals surface area (Å²) in [5, 5.41) is 3.38. The van der Waals surface area contributed by atoms with Gasteiger partial charge in [0.1, 0.15) is 6.04 Å². The fourth-order valence-corrected chi connectivity index (χ4v) is 3.43. The molecule has 0 aliphatic carbocycles. The lowest BCUT2D eigenvalue weighted by atomic mass is 10.0. The average Bonchev–Trinajstić information content (AvgIpc) is 2.69. The van der Waals surface area contributed by atoms with Gasteiger partial charge in [-0.15, -0.1) is 0 Å². The van der Waals surface area contributed by atoms with E-state index in [1.54, 1.807) is 16.0 Å². The molecule has 6 nitrogen and oxygen atoms in total. The number of hydrogen-bond acceptors (Lipinski definition) is 4. The molecule has 0 saturated carbocycles. The van der Waals surface area contributed by atoms with Gasteiger partial charge in [0.05, 0.1) is 0 Å². The standard InChI is InChI=1S/C21H26N4O2/c1-4-24-11-12-25(16(3)20(24)26)21(27)18-8-5-9-19(15(18)2)23-14-17-7-6-10-22-13-17/h5-10,13,16,23H,4,11-12,14H2,1-3H3. The molecule has 6 heteroatoms. The molecule has 1 atom stereocenters. The number of hydrogen-bond donors (Lipinski definition) is 1. The quantitative estimate of drug-likeness (QED) is 0.884. The minimum atomic E-state index is -0.433. The number of likely N-dealkylation sites (N-methyl/N-ethyl adjacent to an activating group) is 1. The molecule has 2 aromatic rings. The Hall–Kier alpha value is -2.89. The van der Waals surface area contributed by atoms with Crippen LogP contribution in [0.15, 0.2) is 42.7 Å². The minimum absolute atomic E-state index is 0.0145. The van der Waals surface area contributed by atoms with Crippen LogP contribution in [0.4, 0.5) is 5.69 Å². The fourth-order valence-electron chi connectivity index (χ4n) is 3.43. The summed E-state index contributed by atoms with van der Waals surface area (Å²) in [6.07, 6.45) is 3.56. The summed E-state index contributed by atoms with van der Waals surface area (Å²) in [7, 11) is 0. The van der Waals surface area contributed by atoms with Gasteiger partial charge in [-0.2, -0.15) is 0 Å². The van der Waals surface area contributed by atoms with E-state index >= 15 is 0 Å². The molecule has 1 aromatic carbocycles. The second-order valence-electron chi connectivity index (χ2n) is 6.79. The molecule has 0 radical (unpaired) electrons. The van der Waals surface area contributed by atoms with Crippen LogP contribution in [0, 0.1) is 6.92 Å². The highest BCUT2D eigenvalue weighted by atomic mass is 16.2. The van der Waals surface area contributed by atoms with E-state index in [9.17, 15) is 9.59 Å². The summed E-state index contributed by atoms with van der Waals surface area (Å²) in [5.41, 5.74) is 3.51. The highest BCUT2D eigenvalue weighted by Gasteiger charge is 2.34. The lowest BCUT2D eigenvalue weighted by molar-refractivity contribution is -0.139. The van der Waals surface area contributed by atoms with E-state index in [2.05, 4.69) is 10.3 Å². The van der Waals surface area contributed by atoms with Crippen molar-refractivity contribution < 1.29 is 9.59 Å². The van der Waals surface area contributed by atoms with Crippen LogP contribution in [0.3, 0.4) is 0 Å². The van der Waals surface area contributed by atoms with E-state index in [4.69, 9.17) is 0 Å². The highest BCUT2D eigenvalue weighted by molar-refractivity contribution is 6.00. The molecule has 27 heavy (non-hydrogen) atoms. The zero-order valence-electron chi connectivity index (χ0n) is 16.1. The largest absolute Gasteiger partial charge is 0.381 e. The first-order valence-electron chi connectivity index (χ1n) is 9.35. The zero-order chi connectivity index (χ0) is 19.4. The number of benzene rings is 1. The smallest absolute Gasteiger partial charge is 0.254 e. The number of rotatable bonds is 5. The first kappa shape index (κ1) is 18.9. The number of aromatic nitrogens is 1. The Bertz CT molecular complexity index is 822. The SMILES string of the molecule is CCN1CCN(C(=O)c2cccc(NCc3cccnc3)c2C)C(C)C1=O. The van der Waals surface area contributed by atoms with Crippen molar-refractivity contribution in [2.45, 2.75) is 33.4 Å². The van der Waals surface area contributed by atoms with Gasteiger partial charge in [-0.1, -0.05) is 12.1 Å². The van der Waals surface area contributed by atoms with Crippen molar-refractivity contribution in [2.75, 3.05) is 25.0 Å². The van der Waals surface area contributed by atoms with Crippen molar-refractivity contribution >= 4 is 17.5 Å². The molecular weight excluding hydrogens is 340 g/mol. The number of carbonyl (C=O) groups excluding carboxylic acids is 2. The monoisotopic (exact) mass is 366 g/mol. The molecule has 1 aliphatic rings. The molecular formula is C21H26N4O2. The van der Waals surface area contributed by atoms with Crippen molar-refractivity contribution in [1.82, 2.24) is 14.8 Å². The van der Waals surface area contributed by atoms with Crippen LogP contribution in [0.2, 0.25) is 0 Å². The highest BCUT2D eigenvalue weighted by Crippen LogP contribution is 2.23. The Morgan fingerprint density at radius 2 is 2.07 bits per heavy atom. The van der Waals surface area contributed by atoms with Gasteiger partial charge in [0, 0.05) is 49.8 Å². The van der Waals surface area contributed by atoms with Gasteiger partial charge in [0.15, 0.2) is 0 Å². The molecule has 1 unspecified atom stereocenters. The summed E-state index contributed by atoms with van der Waals surface area (Å²) in [6.45, 7) is 8.17. The number of nitrogens with zero attached hydrogens (tertiary/aromatic N) is 3. The predicted molar refractivity (Wildman–Crippen MR) is 105 cm³/mol. The predicted octanol–water partition coefficient (Wildman–Crippen LogP) is 2.69. The third kappa shape index (κ3) is 3.94. The van der Waals surface area contributed by atoms with Gasteiger partial charge in [-0.3, -0.25) is 14.6 Å². The minimum Gasteiger partial charge on any atom is -0.381 e. The van der Waals surface area contributed by atoms with Crippen LogP contribution in [0.1, 0.15) is 35.3 Å². The molecule has 3 rings (SSSR count). The summed E-state index contributed by atoms with van der Waals surface area (Å²) >= 11 is 0. The van der Waals surface area contributed by atoms with Crippen LogP contribution in [0.5, 0.6) is 0 Å². The van der Waals surface area contributed by atoms with Crippen molar-refractivity contribution in [1.29, 1.82) is 0 Å². The molecule has 2 heterocycles. The molecule has 142 valence electrons. The number of carbonyl (C=O) groups is 2. The third-order valence-corrected chi connectivity index (χ3v) is 5.16. The molecule has 0 spiro atoms. The van der Waals surface area contributed by atoms with E-state index in [1.165, 1.54) is 0 Å². The van der Waals surface area contributed by atoms with Gasteiger partial charge in [0.25, 0.3) is 5.91 Å². The molecule has 1 N–H and O–H groups in total. The van der Waals surface area contributed by atoms with Crippen molar-refractivity contribution in [3.8, 4) is 0 Å². The molecule has 1 saturated heterocycles. The van der Waals surface area contributed by atoms with Crippen LogP contribution in [0.25, 0.3) is 0 Å². The van der Waals surface area contributed by atoms with Crippen LogP contribution in [-0.4, -0.2) is 52.3 Å². The van der Waals surface area contributed by atoms with Crippen molar-refractivity contribution in [3.63, 3.8) is 0 Å². The summed E-state index contributed by atoms with van der Waals surface area (Å²) in [4.78, 5) is 33.1. The first-order valence-corrected chi connectivity index (χ1v) is 9.35. The zero-order valence-corrected chi connectivity index (χ0v) is 16.1. The topological polar surface area (TPSA) is 65.5 Å². The second-order valence-corrected chi connectivity index (χ2v) is 6.79. The first-order chi connectivity index (χ1) is 13.0.